The summed E-state index contributed by atoms with van der Waals surface area (Å²) in [7, 11) is 0. The van der Waals surface area contributed by atoms with Crippen LogP contribution in [0.1, 0.15) is 68.2 Å². The number of carbonyl (C=O) groups is 1. The van der Waals surface area contributed by atoms with Crippen molar-refractivity contribution in [3.8, 4) is 0 Å². The molecule has 1 saturated heterocycles. The number of nitrogens with one attached hydrogen (secondary N) is 1. The van der Waals surface area contributed by atoms with Gasteiger partial charge in [-0.2, -0.15) is 0 Å². The van der Waals surface area contributed by atoms with Crippen molar-refractivity contribution < 1.29 is 9.53 Å². The molecule has 0 aliphatic carbocycles. The maximum absolute atomic E-state index is 13.0. The molecule has 134 valence electrons. The van der Waals surface area contributed by atoms with E-state index in [0.29, 0.717) is 17.6 Å². The van der Waals surface area contributed by atoms with E-state index in [1.54, 1.807) is 0 Å². The third-order valence-corrected chi connectivity index (χ3v) is 5.94. The van der Waals surface area contributed by atoms with Crippen LogP contribution in [0.25, 0.3) is 10.9 Å². The number of halogens is 1. The molecule has 2 atom stereocenters. The van der Waals surface area contributed by atoms with Crippen LogP contribution in [0.3, 0.4) is 0 Å². The molecule has 1 N–H and O–H groups in total. The van der Waals surface area contributed by atoms with E-state index in [9.17, 15) is 4.79 Å². The molecule has 4 nitrogen and oxygen atoms in total. The molecule has 0 saturated carbocycles. The number of carbonyl (C=O) groups excluding carboxylic acids is 1. The summed E-state index contributed by atoms with van der Waals surface area (Å²) in [5.41, 5.74) is 4.01. The zero-order valence-corrected chi connectivity index (χ0v) is 16.9. The molecule has 3 heterocycles. The number of nitrogens with zero attached hydrogens (tertiary/aromatic N) is 1. The van der Waals surface area contributed by atoms with Gasteiger partial charge in [-0.25, -0.2) is 4.79 Å². The fraction of sp³-hybridized carbons (Fsp3) is 0.550. The molecule has 2 aromatic rings. The quantitative estimate of drug-likeness (QED) is 0.735. The van der Waals surface area contributed by atoms with Gasteiger partial charge in [0.2, 0.25) is 0 Å². The number of rotatable bonds is 2. The van der Waals surface area contributed by atoms with Crippen LogP contribution in [0, 0.1) is 0 Å². The first-order chi connectivity index (χ1) is 11.8. The standard InChI is InChI=1S/C20H25BrN2O2/c1-5-23-14-9-7-12(21)16(19(24)25-20(2,3)4)18(14)17-13-8-6-11(22-13)10-15(17)23/h7,9,11,13,22H,5-6,8,10H2,1-4H3. The van der Waals surface area contributed by atoms with Gasteiger partial charge in [0.05, 0.1) is 5.56 Å². The van der Waals surface area contributed by atoms with Gasteiger partial charge < -0.3 is 14.6 Å². The summed E-state index contributed by atoms with van der Waals surface area (Å²) >= 11 is 3.61. The third-order valence-electron chi connectivity index (χ3n) is 5.28. The zero-order valence-electron chi connectivity index (χ0n) is 15.3. The van der Waals surface area contributed by atoms with Gasteiger partial charge in [0.15, 0.2) is 0 Å². The Balaban J connectivity index is 1.99. The Morgan fingerprint density at radius 2 is 2.12 bits per heavy atom. The summed E-state index contributed by atoms with van der Waals surface area (Å²) in [6.45, 7) is 8.83. The molecule has 0 amide bonds. The molecule has 1 aromatic carbocycles. The SMILES string of the molecule is CCn1c2c(c3c(C(=O)OC(C)(C)C)c(Br)ccc31)C1CCC(C2)N1. The van der Waals surface area contributed by atoms with Gasteiger partial charge in [-0.15, -0.1) is 0 Å². The van der Waals surface area contributed by atoms with E-state index in [-0.39, 0.29) is 5.97 Å². The second-order valence-electron chi connectivity index (χ2n) is 8.12. The van der Waals surface area contributed by atoms with Gasteiger partial charge in [-0.3, -0.25) is 0 Å². The lowest BCUT2D eigenvalue weighted by atomic mass is 9.96. The predicted octanol–water partition coefficient (Wildman–Crippen LogP) is 4.73. The molecular formula is C20H25BrN2O2. The third kappa shape index (κ3) is 2.72. The minimum Gasteiger partial charge on any atom is -0.456 e. The number of ether oxygens (including phenoxy) is 1. The average molecular weight is 405 g/mol. The van der Waals surface area contributed by atoms with E-state index in [1.807, 2.05) is 26.8 Å². The van der Waals surface area contributed by atoms with Crippen molar-refractivity contribution in [2.24, 2.45) is 0 Å². The summed E-state index contributed by atoms with van der Waals surface area (Å²) in [4.78, 5) is 13.0. The lowest BCUT2D eigenvalue weighted by molar-refractivity contribution is 0.00708. The van der Waals surface area contributed by atoms with E-state index < -0.39 is 5.60 Å². The fourth-order valence-electron chi connectivity index (χ4n) is 4.43. The molecule has 2 unspecified atom stereocenters. The molecule has 1 aromatic heterocycles. The molecule has 4 rings (SSSR count). The van der Waals surface area contributed by atoms with Gasteiger partial charge in [-0.1, -0.05) is 0 Å². The Kier molecular flexibility index (Phi) is 4.00. The van der Waals surface area contributed by atoms with Crippen LogP contribution < -0.4 is 5.32 Å². The summed E-state index contributed by atoms with van der Waals surface area (Å²) in [6.07, 6.45) is 3.39. The first-order valence-electron chi connectivity index (χ1n) is 9.13. The largest absolute Gasteiger partial charge is 0.456 e. The highest BCUT2D eigenvalue weighted by molar-refractivity contribution is 9.10. The number of hydrogen-bond acceptors (Lipinski definition) is 3. The van der Waals surface area contributed by atoms with Crippen LogP contribution in [-0.4, -0.2) is 22.2 Å². The van der Waals surface area contributed by atoms with E-state index in [2.05, 4.69) is 38.8 Å². The Labute approximate surface area is 157 Å². The van der Waals surface area contributed by atoms with Crippen molar-refractivity contribution in [1.82, 2.24) is 9.88 Å². The van der Waals surface area contributed by atoms with Crippen molar-refractivity contribution >= 4 is 32.8 Å². The van der Waals surface area contributed by atoms with Crippen LogP contribution in [0.15, 0.2) is 16.6 Å². The second kappa shape index (κ2) is 5.85. The van der Waals surface area contributed by atoms with Crippen LogP contribution in [0.2, 0.25) is 0 Å². The number of aryl methyl sites for hydroxylation is 1. The Hall–Kier alpha value is -1.33. The highest BCUT2D eigenvalue weighted by atomic mass is 79.9. The highest BCUT2D eigenvalue weighted by Gasteiger charge is 2.38. The average Bonchev–Trinajstić information content (AvgIpc) is 3.04. The van der Waals surface area contributed by atoms with Crippen LogP contribution in [-0.2, 0) is 17.7 Å². The smallest absolute Gasteiger partial charge is 0.340 e. The molecule has 2 bridgehead atoms. The minimum atomic E-state index is -0.511. The van der Waals surface area contributed by atoms with Crippen molar-refractivity contribution in [2.75, 3.05) is 0 Å². The number of benzene rings is 1. The van der Waals surface area contributed by atoms with Crippen molar-refractivity contribution in [3.63, 3.8) is 0 Å². The monoisotopic (exact) mass is 404 g/mol. The maximum atomic E-state index is 13.0. The summed E-state index contributed by atoms with van der Waals surface area (Å²) in [5.74, 6) is -0.249. The van der Waals surface area contributed by atoms with E-state index in [1.165, 1.54) is 17.7 Å². The molecule has 25 heavy (non-hydrogen) atoms. The van der Waals surface area contributed by atoms with E-state index in [4.69, 9.17) is 4.74 Å². The van der Waals surface area contributed by atoms with E-state index >= 15 is 0 Å². The van der Waals surface area contributed by atoms with Crippen LogP contribution >= 0.6 is 15.9 Å². The Bertz CT molecular complexity index is 863. The first-order valence-corrected chi connectivity index (χ1v) is 9.92. The summed E-state index contributed by atoms with van der Waals surface area (Å²) < 4.78 is 8.92. The predicted molar refractivity (Wildman–Crippen MR) is 103 cm³/mol. The summed E-state index contributed by atoms with van der Waals surface area (Å²) in [6, 6.07) is 5.02. The lowest BCUT2D eigenvalue weighted by Crippen LogP contribution is -2.32. The van der Waals surface area contributed by atoms with Gasteiger partial charge in [0.25, 0.3) is 0 Å². The van der Waals surface area contributed by atoms with E-state index in [0.717, 1.165) is 34.8 Å². The first kappa shape index (κ1) is 17.1. The van der Waals surface area contributed by atoms with Gasteiger partial charge in [0, 0.05) is 46.1 Å². The maximum Gasteiger partial charge on any atom is 0.340 e. The van der Waals surface area contributed by atoms with Crippen LogP contribution in [0.5, 0.6) is 0 Å². The molecule has 2 aliphatic rings. The Morgan fingerprint density at radius 3 is 2.80 bits per heavy atom. The second-order valence-corrected chi connectivity index (χ2v) is 8.98. The lowest BCUT2D eigenvalue weighted by Gasteiger charge is -2.24. The van der Waals surface area contributed by atoms with Gasteiger partial charge in [-0.05, 0) is 74.2 Å². The van der Waals surface area contributed by atoms with Crippen molar-refractivity contribution in [3.05, 3.63) is 33.4 Å². The van der Waals surface area contributed by atoms with Crippen LogP contribution in [0.4, 0.5) is 0 Å². The molecule has 5 heteroatoms. The fourth-order valence-corrected chi connectivity index (χ4v) is 4.92. The molecule has 0 spiro atoms. The number of fused-ring (bicyclic) bond motifs is 6. The normalized spacial score (nSPS) is 22.3. The minimum absolute atomic E-state index is 0.249. The number of hydrogen-bond donors (Lipinski definition) is 1. The number of esters is 1. The molecule has 1 fully saturated rings. The highest BCUT2D eigenvalue weighted by Crippen LogP contribution is 2.44. The van der Waals surface area contributed by atoms with Gasteiger partial charge in [0.1, 0.15) is 5.60 Å². The molecule has 0 radical (unpaired) electrons. The topological polar surface area (TPSA) is 43.3 Å². The summed E-state index contributed by atoms with van der Waals surface area (Å²) in [5, 5.41) is 4.80. The van der Waals surface area contributed by atoms with Crippen molar-refractivity contribution in [1.29, 1.82) is 0 Å². The zero-order chi connectivity index (χ0) is 17.9. The van der Waals surface area contributed by atoms with Crippen molar-refractivity contribution in [2.45, 2.75) is 71.2 Å². The molecular weight excluding hydrogens is 380 g/mol. The van der Waals surface area contributed by atoms with Gasteiger partial charge >= 0.3 is 5.97 Å². The number of aromatic nitrogens is 1. The Morgan fingerprint density at radius 1 is 1.36 bits per heavy atom. The molecule has 2 aliphatic heterocycles.